The zero-order valence-corrected chi connectivity index (χ0v) is 8.88. The highest BCUT2D eigenvalue weighted by Crippen LogP contribution is 2.28. The molecule has 0 radical (unpaired) electrons. The molecule has 2 fully saturated rings. The van der Waals surface area contributed by atoms with Crippen LogP contribution in [-0.2, 0) is 4.79 Å². The fourth-order valence-corrected chi connectivity index (χ4v) is 2.65. The van der Waals surface area contributed by atoms with E-state index in [1.165, 1.54) is 25.7 Å². The van der Waals surface area contributed by atoms with E-state index in [-0.39, 0.29) is 5.91 Å². The number of nitrogens with one attached hydrogen (secondary N) is 2. The van der Waals surface area contributed by atoms with Gasteiger partial charge in [0.1, 0.15) is 0 Å². The van der Waals surface area contributed by atoms with E-state index in [2.05, 4.69) is 17.6 Å². The third-order valence-electron chi connectivity index (χ3n) is 3.57. The van der Waals surface area contributed by atoms with Gasteiger partial charge < -0.3 is 10.6 Å². The Balaban J connectivity index is 1.73. The average Bonchev–Trinajstić information content (AvgIpc) is 2.76. The molecule has 1 amide bonds. The van der Waals surface area contributed by atoms with E-state index in [4.69, 9.17) is 0 Å². The monoisotopic (exact) mass is 196 g/mol. The minimum Gasteiger partial charge on any atom is -0.354 e. The van der Waals surface area contributed by atoms with Crippen LogP contribution >= 0.6 is 0 Å². The molecule has 1 saturated heterocycles. The van der Waals surface area contributed by atoms with E-state index in [0.717, 1.165) is 12.5 Å². The van der Waals surface area contributed by atoms with Crippen LogP contribution in [0, 0.1) is 5.92 Å². The summed E-state index contributed by atoms with van der Waals surface area (Å²) < 4.78 is 0. The van der Waals surface area contributed by atoms with E-state index in [1.54, 1.807) is 0 Å². The van der Waals surface area contributed by atoms with Gasteiger partial charge in [0.05, 0.1) is 0 Å². The van der Waals surface area contributed by atoms with Crippen LogP contribution in [0.4, 0.5) is 0 Å². The van der Waals surface area contributed by atoms with Crippen molar-refractivity contribution in [2.75, 3.05) is 6.54 Å². The summed E-state index contributed by atoms with van der Waals surface area (Å²) in [5.41, 5.74) is 0. The normalized spacial score (nSPS) is 37.5. The van der Waals surface area contributed by atoms with Crippen molar-refractivity contribution in [3.8, 4) is 0 Å². The number of hydrogen-bond acceptors (Lipinski definition) is 2. The van der Waals surface area contributed by atoms with Crippen molar-refractivity contribution in [1.82, 2.24) is 10.6 Å². The van der Waals surface area contributed by atoms with Gasteiger partial charge in [-0.2, -0.15) is 0 Å². The summed E-state index contributed by atoms with van der Waals surface area (Å²) in [7, 11) is 0. The average molecular weight is 196 g/mol. The molecule has 0 aromatic heterocycles. The van der Waals surface area contributed by atoms with Gasteiger partial charge >= 0.3 is 0 Å². The molecule has 0 aromatic rings. The maximum Gasteiger partial charge on any atom is 0.221 e. The Morgan fingerprint density at radius 2 is 2.29 bits per heavy atom. The summed E-state index contributed by atoms with van der Waals surface area (Å²) >= 11 is 0. The lowest BCUT2D eigenvalue weighted by atomic mass is 10.1. The predicted molar refractivity (Wildman–Crippen MR) is 56.0 cm³/mol. The maximum atomic E-state index is 11.0. The van der Waals surface area contributed by atoms with Crippen molar-refractivity contribution >= 4 is 5.91 Å². The molecule has 3 nitrogen and oxygen atoms in total. The number of carbonyl (C=O) groups excluding carboxylic acids is 1. The maximum absolute atomic E-state index is 11.0. The van der Waals surface area contributed by atoms with Crippen molar-refractivity contribution in [3.63, 3.8) is 0 Å². The highest BCUT2D eigenvalue weighted by atomic mass is 16.1. The topological polar surface area (TPSA) is 41.1 Å². The third kappa shape index (κ3) is 2.27. The molecule has 0 bridgehead atoms. The van der Waals surface area contributed by atoms with Crippen LogP contribution in [0.25, 0.3) is 0 Å². The van der Waals surface area contributed by atoms with Crippen LogP contribution in [0.3, 0.4) is 0 Å². The van der Waals surface area contributed by atoms with Gasteiger partial charge in [-0.1, -0.05) is 13.3 Å². The van der Waals surface area contributed by atoms with Crippen molar-refractivity contribution < 1.29 is 4.79 Å². The zero-order chi connectivity index (χ0) is 9.97. The van der Waals surface area contributed by atoms with Crippen molar-refractivity contribution in [1.29, 1.82) is 0 Å². The summed E-state index contributed by atoms with van der Waals surface area (Å²) in [5.74, 6) is 1.12. The first-order chi connectivity index (χ1) is 6.78. The van der Waals surface area contributed by atoms with Crippen LogP contribution in [0.15, 0.2) is 0 Å². The molecule has 3 unspecified atom stereocenters. The molecule has 1 aliphatic heterocycles. The molecule has 0 spiro atoms. The van der Waals surface area contributed by atoms with E-state index in [0.29, 0.717) is 18.5 Å². The minimum absolute atomic E-state index is 0.201. The molecular formula is C11H20N2O. The third-order valence-corrected chi connectivity index (χ3v) is 3.57. The van der Waals surface area contributed by atoms with Gasteiger partial charge in [0, 0.05) is 25.0 Å². The Bertz CT molecular complexity index is 217. The Kier molecular flexibility index (Phi) is 3.06. The van der Waals surface area contributed by atoms with E-state index in [9.17, 15) is 4.79 Å². The van der Waals surface area contributed by atoms with Gasteiger partial charge in [0.2, 0.25) is 5.91 Å². The van der Waals surface area contributed by atoms with Crippen LogP contribution in [-0.4, -0.2) is 24.5 Å². The SMILES string of the molecule is CCC1CCC(NC2CNC(=O)C2)C1. The van der Waals surface area contributed by atoms with Crippen molar-refractivity contribution in [2.45, 2.75) is 51.1 Å². The predicted octanol–water partition coefficient (Wildman–Crippen LogP) is 1.04. The number of rotatable bonds is 3. The summed E-state index contributed by atoms with van der Waals surface area (Å²) in [5, 5.41) is 6.46. The quantitative estimate of drug-likeness (QED) is 0.708. The smallest absolute Gasteiger partial charge is 0.221 e. The summed E-state index contributed by atoms with van der Waals surface area (Å²) in [6.07, 6.45) is 5.94. The standard InChI is InChI=1S/C11H20N2O/c1-2-8-3-4-9(5-8)13-10-6-11(14)12-7-10/h8-10,13H,2-7H2,1H3,(H,12,14). The highest BCUT2D eigenvalue weighted by molar-refractivity contribution is 5.78. The summed E-state index contributed by atoms with van der Waals surface area (Å²) in [4.78, 5) is 11.0. The largest absolute Gasteiger partial charge is 0.354 e. The van der Waals surface area contributed by atoms with Crippen LogP contribution < -0.4 is 10.6 Å². The van der Waals surface area contributed by atoms with Crippen LogP contribution in [0.1, 0.15) is 39.0 Å². The van der Waals surface area contributed by atoms with Crippen LogP contribution in [0.5, 0.6) is 0 Å². The number of amides is 1. The molecule has 2 rings (SSSR count). The van der Waals surface area contributed by atoms with Crippen LogP contribution in [0.2, 0.25) is 0 Å². The molecular weight excluding hydrogens is 176 g/mol. The van der Waals surface area contributed by atoms with Gasteiger partial charge in [0.15, 0.2) is 0 Å². The fraction of sp³-hybridized carbons (Fsp3) is 0.909. The second kappa shape index (κ2) is 4.30. The fourth-order valence-electron chi connectivity index (χ4n) is 2.65. The lowest BCUT2D eigenvalue weighted by molar-refractivity contribution is -0.119. The van der Waals surface area contributed by atoms with E-state index >= 15 is 0 Å². The Hall–Kier alpha value is -0.570. The molecule has 1 heterocycles. The molecule has 1 saturated carbocycles. The molecule has 1 aliphatic carbocycles. The first kappa shape index (κ1) is 9.97. The van der Waals surface area contributed by atoms with Gasteiger partial charge in [-0.05, 0) is 25.2 Å². The number of carbonyl (C=O) groups is 1. The molecule has 3 atom stereocenters. The van der Waals surface area contributed by atoms with Crippen molar-refractivity contribution in [3.05, 3.63) is 0 Å². The molecule has 2 aliphatic rings. The van der Waals surface area contributed by atoms with E-state index < -0.39 is 0 Å². The molecule has 0 aromatic carbocycles. The summed E-state index contributed by atoms with van der Waals surface area (Å²) in [6.45, 7) is 3.10. The zero-order valence-electron chi connectivity index (χ0n) is 8.88. The first-order valence-electron chi connectivity index (χ1n) is 5.80. The van der Waals surface area contributed by atoms with Gasteiger partial charge in [-0.25, -0.2) is 0 Å². The second-order valence-corrected chi connectivity index (χ2v) is 4.66. The Morgan fingerprint density at radius 3 is 2.86 bits per heavy atom. The van der Waals surface area contributed by atoms with Gasteiger partial charge in [-0.3, -0.25) is 4.79 Å². The molecule has 2 N–H and O–H groups in total. The highest BCUT2D eigenvalue weighted by Gasteiger charge is 2.28. The van der Waals surface area contributed by atoms with Crippen molar-refractivity contribution in [2.24, 2.45) is 5.92 Å². The second-order valence-electron chi connectivity index (χ2n) is 4.66. The van der Waals surface area contributed by atoms with E-state index in [1.807, 2.05) is 0 Å². The lowest BCUT2D eigenvalue weighted by Gasteiger charge is -2.17. The molecule has 80 valence electrons. The lowest BCUT2D eigenvalue weighted by Crippen LogP contribution is -2.38. The van der Waals surface area contributed by atoms with Gasteiger partial charge in [-0.15, -0.1) is 0 Å². The Morgan fingerprint density at radius 1 is 1.43 bits per heavy atom. The summed E-state index contributed by atoms with van der Waals surface area (Å²) in [6, 6.07) is 1.06. The number of hydrogen-bond donors (Lipinski definition) is 2. The Labute approximate surface area is 85.6 Å². The molecule has 3 heteroatoms. The minimum atomic E-state index is 0.201. The first-order valence-corrected chi connectivity index (χ1v) is 5.80. The van der Waals surface area contributed by atoms with Gasteiger partial charge in [0.25, 0.3) is 0 Å². The molecule has 14 heavy (non-hydrogen) atoms.